The van der Waals surface area contributed by atoms with Crippen molar-refractivity contribution in [1.29, 1.82) is 0 Å². The summed E-state index contributed by atoms with van der Waals surface area (Å²) >= 11 is 0. The fraction of sp³-hybridized carbons (Fsp3) is 0.412. The van der Waals surface area contributed by atoms with Gasteiger partial charge in [0.25, 0.3) is 0 Å². The molecule has 0 bridgehead atoms. The van der Waals surface area contributed by atoms with E-state index in [1.165, 1.54) is 0 Å². The molecule has 1 fully saturated rings. The molecule has 3 rings (SSSR count). The van der Waals surface area contributed by atoms with Crippen molar-refractivity contribution in [2.24, 2.45) is 0 Å². The normalized spacial score (nSPS) is 16.3. The van der Waals surface area contributed by atoms with E-state index in [4.69, 9.17) is 4.52 Å². The minimum Gasteiger partial charge on any atom is -0.394 e. The zero-order valence-corrected chi connectivity index (χ0v) is 12.8. The number of hydrogen-bond donors (Lipinski definition) is 2. The smallest absolute Gasteiger partial charge is 0.232 e. The Balaban J connectivity index is 1.82. The molecule has 1 aromatic carbocycles. The van der Waals surface area contributed by atoms with Crippen LogP contribution in [0.1, 0.15) is 32.4 Å². The van der Waals surface area contributed by atoms with E-state index in [1.54, 1.807) is 13.8 Å². The van der Waals surface area contributed by atoms with Crippen LogP contribution in [0.2, 0.25) is 0 Å². The first-order chi connectivity index (χ1) is 10.5. The van der Waals surface area contributed by atoms with Gasteiger partial charge in [0.05, 0.1) is 23.3 Å². The van der Waals surface area contributed by atoms with Gasteiger partial charge in [-0.15, -0.1) is 0 Å². The van der Waals surface area contributed by atoms with E-state index < -0.39 is 11.0 Å². The maximum Gasteiger partial charge on any atom is 0.232 e. The van der Waals surface area contributed by atoms with Crippen LogP contribution in [0.5, 0.6) is 0 Å². The lowest BCUT2D eigenvalue weighted by molar-refractivity contribution is -0.125. The van der Waals surface area contributed by atoms with Gasteiger partial charge in [-0.1, -0.05) is 35.5 Å². The third kappa shape index (κ3) is 2.64. The molecule has 1 amide bonds. The summed E-state index contributed by atoms with van der Waals surface area (Å²) in [5.74, 6) is 0.565. The number of aliphatic hydroxyl groups excluding tert-OH is 1. The number of nitrogens with zero attached hydrogens (tertiary/aromatic N) is 1. The van der Waals surface area contributed by atoms with Gasteiger partial charge in [-0.25, -0.2) is 0 Å². The molecule has 0 radical (unpaired) electrons. The minimum absolute atomic E-state index is 0.0977. The second kappa shape index (κ2) is 5.25. The highest BCUT2D eigenvalue weighted by atomic mass is 16.5. The summed E-state index contributed by atoms with van der Waals surface area (Å²) in [5, 5.41) is 16.3. The van der Waals surface area contributed by atoms with Gasteiger partial charge in [0.15, 0.2) is 5.76 Å². The van der Waals surface area contributed by atoms with Gasteiger partial charge in [0.1, 0.15) is 0 Å². The fourth-order valence-corrected chi connectivity index (χ4v) is 2.43. The number of aliphatic hydroxyl groups is 1. The second-order valence-corrected chi connectivity index (χ2v) is 6.52. The number of hydrogen-bond acceptors (Lipinski definition) is 4. The maximum atomic E-state index is 12.5. The zero-order chi connectivity index (χ0) is 15.8. The summed E-state index contributed by atoms with van der Waals surface area (Å²) in [7, 11) is 0. The Morgan fingerprint density at radius 2 is 2.05 bits per heavy atom. The van der Waals surface area contributed by atoms with Crippen molar-refractivity contribution in [3.05, 3.63) is 42.1 Å². The Morgan fingerprint density at radius 3 is 2.64 bits per heavy atom. The number of carbonyl (C=O) groups excluding carboxylic acids is 1. The highest BCUT2D eigenvalue weighted by molar-refractivity contribution is 5.91. The fourth-order valence-electron chi connectivity index (χ4n) is 2.43. The maximum absolute atomic E-state index is 12.5. The van der Waals surface area contributed by atoms with Crippen LogP contribution in [0.4, 0.5) is 0 Å². The lowest BCUT2D eigenvalue weighted by Gasteiger charge is -2.26. The molecular formula is C17H20N2O3. The van der Waals surface area contributed by atoms with Gasteiger partial charge >= 0.3 is 0 Å². The van der Waals surface area contributed by atoms with Crippen LogP contribution in [0, 0.1) is 0 Å². The Labute approximate surface area is 129 Å². The molecule has 22 heavy (non-hydrogen) atoms. The molecule has 0 spiro atoms. The summed E-state index contributed by atoms with van der Waals surface area (Å²) < 4.78 is 5.40. The van der Waals surface area contributed by atoms with E-state index in [0.29, 0.717) is 11.5 Å². The summed E-state index contributed by atoms with van der Waals surface area (Å²) in [6, 6.07) is 11.5. The third-order valence-corrected chi connectivity index (χ3v) is 4.09. The first-order valence-corrected chi connectivity index (χ1v) is 7.43. The molecule has 1 heterocycles. The molecule has 0 unspecified atom stereocenters. The molecule has 0 atom stereocenters. The standard InChI is InChI=1S/C17H20N2O3/c1-16(2,11-20)18-15(21)17(8-9-17)14-10-13(22-19-14)12-6-4-3-5-7-12/h3-7,10,20H,8-9,11H2,1-2H3,(H,18,21). The molecule has 1 aromatic heterocycles. The van der Waals surface area contributed by atoms with Crippen molar-refractivity contribution in [2.45, 2.75) is 37.6 Å². The summed E-state index contributed by atoms with van der Waals surface area (Å²) in [6.07, 6.45) is 1.50. The molecule has 5 nitrogen and oxygen atoms in total. The third-order valence-electron chi connectivity index (χ3n) is 4.09. The molecule has 0 saturated heterocycles. The van der Waals surface area contributed by atoms with Crippen LogP contribution in [-0.2, 0) is 10.2 Å². The molecule has 116 valence electrons. The van der Waals surface area contributed by atoms with Gasteiger partial charge in [0.2, 0.25) is 5.91 Å². The molecule has 1 aliphatic carbocycles. The monoisotopic (exact) mass is 300 g/mol. The molecule has 2 aromatic rings. The van der Waals surface area contributed by atoms with Crippen LogP contribution in [0.3, 0.4) is 0 Å². The Kier molecular flexibility index (Phi) is 3.53. The van der Waals surface area contributed by atoms with E-state index in [0.717, 1.165) is 18.4 Å². The van der Waals surface area contributed by atoms with Crippen molar-refractivity contribution in [1.82, 2.24) is 10.5 Å². The van der Waals surface area contributed by atoms with E-state index in [1.807, 2.05) is 36.4 Å². The highest BCUT2D eigenvalue weighted by Gasteiger charge is 2.54. The van der Waals surface area contributed by atoms with Crippen LogP contribution < -0.4 is 5.32 Å². The molecule has 1 saturated carbocycles. The number of rotatable bonds is 5. The van der Waals surface area contributed by atoms with Crippen molar-refractivity contribution < 1.29 is 14.4 Å². The lowest BCUT2D eigenvalue weighted by atomic mass is 9.97. The number of aromatic nitrogens is 1. The first kappa shape index (κ1) is 14.8. The first-order valence-electron chi connectivity index (χ1n) is 7.43. The topological polar surface area (TPSA) is 75.4 Å². The largest absolute Gasteiger partial charge is 0.394 e. The van der Waals surface area contributed by atoms with E-state index in [-0.39, 0.29) is 12.5 Å². The SMILES string of the molecule is CC(C)(CO)NC(=O)C1(c2cc(-c3ccccc3)on2)CC1. The minimum atomic E-state index is -0.640. The summed E-state index contributed by atoms with van der Waals surface area (Å²) in [5.41, 5.74) is 0.354. The van der Waals surface area contributed by atoms with Crippen molar-refractivity contribution in [3.8, 4) is 11.3 Å². The van der Waals surface area contributed by atoms with Gasteiger partial charge < -0.3 is 14.9 Å². The quantitative estimate of drug-likeness (QED) is 0.888. The van der Waals surface area contributed by atoms with Gasteiger partial charge in [0, 0.05) is 11.6 Å². The van der Waals surface area contributed by atoms with Crippen LogP contribution in [0.25, 0.3) is 11.3 Å². The van der Waals surface area contributed by atoms with Crippen LogP contribution in [0.15, 0.2) is 40.9 Å². The average molecular weight is 300 g/mol. The lowest BCUT2D eigenvalue weighted by Crippen LogP contribution is -2.50. The molecule has 2 N–H and O–H groups in total. The molecular weight excluding hydrogens is 280 g/mol. The molecule has 1 aliphatic rings. The van der Waals surface area contributed by atoms with Crippen molar-refractivity contribution in [2.75, 3.05) is 6.61 Å². The Hall–Kier alpha value is -2.14. The van der Waals surface area contributed by atoms with Crippen molar-refractivity contribution in [3.63, 3.8) is 0 Å². The summed E-state index contributed by atoms with van der Waals surface area (Å²) in [4.78, 5) is 12.5. The van der Waals surface area contributed by atoms with E-state index >= 15 is 0 Å². The highest BCUT2D eigenvalue weighted by Crippen LogP contribution is 2.48. The average Bonchev–Trinajstić information content (AvgIpc) is 3.18. The Morgan fingerprint density at radius 1 is 1.36 bits per heavy atom. The van der Waals surface area contributed by atoms with Gasteiger partial charge in [-0.3, -0.25) is 4.79 Å². The van der Waals surface area contributed by atoms with Crippen molar-refractivity contribution >= 4 is 5.91 Å². The predicted octanol–water partition coefficient (Wildman–Crippen LogP) is 2.26. The Bertz CT molecular complexity index is 672. The van der Waals surface area contributed by atoms with Gasteiger partial charge in [-0.05, 0) is 26.7 Å². The van der Waals surface area contributed by atoms with E-state index in [9.17, 15) is 9.90 Å². The van der Waals surface area contributed by atoms with Gasteiger partial charge in [-0.2, -0.15) is 0 Å². The summed E-state index contributed by atoms with van der Waals surface area (Å²) in [6.45, 7) is 3.47. The van der Waals surface area contributed by atoms with Crippen LogP contribution >= 0.6 is 0 Å². The predicted molar refractivity (Wildman–Crippen MR) is 82.2 cm³/mol. The molecule has 0 aliphatic heterocycles. The second-order valence-electron chi connectivity index (χ2n) is 6.52. The molecule has 5 heteroatoms. The number of nitrogens with one attached hydrogen (secondary N) is 1. The number of amides is 1. The zero-order valence-electron chi connectivity index (χ0n) is 12.8. The number of benzene rings is 1. The van der Waals surface area contributed by atoms with E-state index in [2.05, 4.69) is 10.5 Å². The van der Waals surface area contributed by atoms with Crippen LogP contribution in [-0.4, -0.2) is 28.3 Å². The number of carbonyl (C=O) groups is 1.